The van der Waals surface area contributed by atoms with Gasteiger partial charge in [-0.2, -0.15) is 0 Å². The van der Waals surface area contributed by atoms with Crippen LogP contribution in [-0.2, 0) is 14.0 Å². The summed E-state index contributed by atoms with van der Waals surface area (Å²) in [4.78, 5) is 29.7. The van der Waals surface area contributed by atoms with Crippen LogP contribution in [0.3, 0.4) is 0 Å². The van der Waals surface area contributed by atoms with E-state index in [4.69, 9.17) is 13.8 Å². The molecule has 0 bridgehead atoms. The molecule has 0 saturated carbocycles. The normalized spacial score (nSPS) is 19.8. The first-order chi connectivity index (χ1) is 15.0. The average molecular weight is 484 g/mol. The summed E-state index contributed by atoms with van der Waals surface area (Å²) < 4.78 is 27.5. The highest BCUT2D eigenvalue weighted by Crippen LogP contribution is 2.38. The Morgan fingerprint density at radius 3 is 2.84 bits per heavy atom. The number of carbonyl (C=O) groups excluding carboxylic acids is 1. The molecule has 0 fully saturated rings. The van der Waals surface area contributed by atoms with Crippen molar-refractivity contribution in [2.45, 2.75) is 45.2 Å². The van der Waals surface area contributed by atoms with Crippen LogP contribution in [0.1, 0.15) is 45.4 Å². The van der Waals surface area contributed by atoms with Crippen LogP contribution in [0.25, 0.3) is 0 Å². The number of nitrogens with zero attached hydrogens (tertiary/aromatic N) is 2. The second-order valence-electron chi connectivity index (χ2n) is 7.92. The van der Waals surface area contributed by atoms with Crippen LogP contribution in [0.5, 0.6) is 5.75 Å². The zero-order chi connectivity index (χ0) is 23.9. The molecule has 176 valence electrons. The van der Waals surface area contributed by atoms with Gasteiger partial charge in [0.2, 0.25) is 5.91 Å². The highest BCUT2D eigenvalue weighted by atomic mass is 32.2. The lowest BCUT2D eigenvalue weighted by atomic mass is 10.0. The fraction of sp³-hybridized carbons (Fsp3) is 0.524. The smallest absolute Gasteiger partial charge is 0.339 e. The summed E-state index contributed by atoms with van der Waals surface area (Å²) in [6.45, 7) is 12.2. The summed E-state index contributed by atoms with van der Waals surface area (Å²) in [5.41, 5.74) is -1.14. The first-order valence-electron chi connectivity index (χ1n) is 10.2. The van der Waals surface area contributed by atoms with E-state index in [1.807, 2.05) is 6.92 Å². The van der Waals surface area contributed by atoms with Gasteiger partial charge in [-0.3, -0.25) is 14.4 Å². The summed E-state index contributed by atoms with van der Waals surface area (Å²) in [7, 11) is -2.77. The average Bonchev–Trinajstić information content (AvgIpc) is 3.12. The first kappa shape index (κ1) is 25.9. The molecule has 0 aromatic carbocycles. The van der Waals surface area contributed by atoms with Gasteiger partial charge in [0.25, 0.3) is 7.37 Å². The summed E-state index contributed by atoms with van der Waals surface area (Å²) >= 11 is 1.37. The second kappa shape index (κ2) is 11.0. The maximum absolute atomic E-state index is 13.1. The first-order valence-corrected chi connectivity index (χ1v) is 13.7. The van der Waals surface area contributed by atoms with Crippen molar-refractivity contribution in [3.8, 4) is 5.75 Å². The number of ether oxygens (including phenoxy) is 1. The Morgan fingerprint density at radius 1 is 1.50 bits per heavy atom. The van der Waals surface area contributed by atoms with E-state index in [1.165, 1.54) is 31.2 Å². The van der Waals surface area contributed by atoms with Crippen molar-refractivity contribution in [3.63, 3.8) is 0 Å². The molecule has 0 saturated heterocycles. The summed E-state index contributed by atoms with van der Waals surface area (Å²) in [6, 6.07) is 2.34. The number of nitrogens with one attached hydrogen (secondary N) is 1. The Hall–Kier alpha value is -2.32. The van der Waals surface area contributed by atoms with Gasteiger partial charge in [-0.05, 0) is 20.3 Å². The van der Waals surface area contributed by atoms with E-state index < -0.39 is 24.6 Å². The monoisotopic (exact) mass is 483 g/mol. The second-order valence-corrected chi connectivity index (χ2v) is 11.6. The van der Waals surface area contributed by atoms with Crippen LogP contribution in [0.2, 0.25) is 0 Å². The molecule has 2 atom stereocenters. The SMILES string of the molecule is C=CCOc1cc([C@@H](CCC)NC(=O)[C@]2(C)CSC(/C(C)=N/OP(C)(C)=O)=N2)oc(=O)c1. The van der Waals surface area contributed by atoms with E-state index in [-0.39, 0.29) is 12.5 Å². The van der Waals surface area contributed by atoms with Crippen LogP contribution in [0.15, 0.2) is 44.1 Å². The molecular weight excluding hydrogens is 453 g/mol. The molecule has 1 amide bonds. The van der Waals surface area contributed by atoms with Gasteiger partial charge in [0.1, 0.15) is 34.4 Å². The highest BCUT2D eigenvalue weighted by molar-refractivity contribution is 8.16. The Labute approximate surface area is 192 Å². The molecule has 0 aliphatic carbocycles. The third-order valence-corrected chi connectivity index (χ3v) is 6.21. The molecule has 2 rings (SSSR count). The van der Waals surface area contributed by atoms with Crippen molar-refractivity contribution in [3.05, 3.63) is 41.0 Å². The number of amides is 1. The topological polar surface area (TPSA) is 120 Å². The highest BCUT2D eigenvalue weighted by Gasteiger charge is 2.40. The van der Waals surface area contributed by atoms with Gasteiger partial charge in [0.15, 0.2) is 0 Å². The third kappa shape index (κ3) is 7.38. The van der Waals surface area contributed by atoms with E-state index in [0.29, 0.717) is 34.4 Å². The molecule has 1 N–H and O–H groups in total. The number of aliphatic imine (C=N–C) groups is 1. The van der Waals surface area contributed by atoms with Gasteiger partial charge in [-0.15, -0.1) is 11.8 Å². The molecule has 0 spiro atoms. The van der Waals surface area contributed by atoms with Crippen LogP contribution in [-0.4, -0.2) is 47.9 Å². The van der Waals surface area contributed by atoms with E-state index in [9.17, 15) is 14.2 Å². The molecule has 9 nitrogen and oxygen atoms in total. The Morgan fingerprint density at radius 2 is 2.22 bits per heavy atom. The van der Waals surface area contributed by atoms with E-state index in [2.05, 4.69) is 22.0 Å². The predicted molar refractivity (Wildman–Crippen MR) is 128 cm³/mol. The molecule has 1 aliphatic rings. The van der Waals surface area contributed by atoms with Gasteiger partial charge < -0.3 is 19.1 Å². The number of thioether (sulfide) groups is 1. The maximum atomic E-state index is 13.1. The molecule has 32 heavy (non-hydrogen) atoms. The summed E-state index contributed by atoms with van der Waals surface area (Å²) in [6.07, 6.45) is 2.89. The summed E-state index contributed by atoms with van der Waals surface area (Å²) in [5.74, 6) is 0.773. The quantitative estimate of drug-likeness (QED) is 0.219. The van der Waals surface area contributed by atoms with Crippen LogP contribution in [0, 0.1) is 0 Å². The molecule has 1 aliphatic heterocycles. The number of hydrogen-bond donors (Lipinski definition) is 1. The van der Waals surface area contributed by atoms with Gasteiger partial charge >= 0.3 is 5.63 Å². The van der Waals surface area contributed by atoms with Crippen LogP contribution >= 0.6 is 19.1 Å². The lowest BCUT2D eigenvalue weighted by Crippen LogP contribution is -2.45. The van der Waals surface area contributed by atoms with Gasteiger partial charge in [0, 0.05) is 25.1 Å². The number of rotatable bonds is 11. The predicted octanol–water partition coefficient (Wildman–Crippen LogP) is 4.00. The largest absolute Gasteiger partial charge is 0.489 e. The van der Waals surface area contributed by atoms with E-state index in [1.54, 1.807) is 26.0 Å². The third-order valence-electron chi connectivity index (χ3n) is 4.37. The number of hydrogen-bond acceptors (Lipinski definition) is 9. The number of carbonyl (C=O) groups is 1. The van der Waals surface area contributed by atoms with E-state index >= 15 is 0 Å². The zero-order valence-electron chi connectivity index (χ0n) is 19.0. The maximum Gasteiger partial charge on any atom is 0.339 e. The Bertz CT molecular complexity index is 1020. The van der Waals surface area contributed by atoms with Gasteiger partial charge in [-0.1, -0.05) is 31.2 Å². The van der Waals surface area contributed by atoms with Crippen molar-refractivity contribution < 1.29 is 23.1 Å². The minimum Gasteiger partial charge on any atom is -0.489 e. The van der Waals surface area contributed by atoms with Gasteiger partial charge in [0.05, 0.1) is 12.1 Å². The molecule has 2 heterocycles. The fourth-order valence-corrected chi connectivity index (χ4v) is 4.21. The van der Waals surface area contributed by atoms with Crippen molar-refractivity contribution >= 4 is 35.8 Å². The molecule has 1 aromatic heterocycles. The van der Waals surface area contributed by atoms with Crippen molar-refractivity contribution in [2.75, 3.05) is 25.7 Å². The van der Waals surface area contributed by atoms with Crippen molar-refractivity contribution in [1.29, 1.82) is 0 Å². The lowest BCUT2D eigenvalue weighted by Gasteiger charge is -2.24. The fourth-order valence-electron chi connectivity index (χ4n) is 2.77. The van der Waals surface area contributed by atoms with E-state index in [0.717, 1.165) is 6.42 Å². The molecule has 11 heteroatoms. The zero-order valence-corrected chi connectivity index (χ0v) is 20.8. The minimum absolute atomic E-state index is 0.247. The van der Waals surface area contributed by atoms with Gasteiger partial charge in [-0.25, -0.2) is 4.79 Å². The lowest BCUT2D eigenvalue weighted by molar-refractivity contribution is -0.125. The molecule has 1 aromatic rings. The van der Waals surface area contributed by atoms with Crippen LogP contribution in [0.4, 0.5) is 0 Å². The molecule has 0 radical (unpaired) electrons. The standard InChI is InChI=1S/C21H30N3O6PS/c1-7-9-16(17-11-15(28-10-8-2)12-18(25)29-17)22-20(26)21(4)13-32-19(23-21)14(3)24-30-31(5,6)27/h8,11-12,16H,2,7,9-10,13H2,1,3-6H3,(H,22,26)/b24-14+/t16-,21+/m1/s1. The minimum atomic E-state index is -2.77. The van der Waals surface area contributed by atoms with Crippen molar-refractivity contribution in [2.24, 2.45) is 10.1 Å². The number of oxime groups is 1. The van der Waals surface area contributed by atoms with Crippen molar-refractivity contribution in [1.82, 2.24) is 5.32 Å². The molecular formula is C21H30N3O6PS. The Kier molecular flexibility index (Phi) is 8.92. The Balaban J connectivity index is 2.22. The van der Waals surface area contributed by atoms with Crippen LogP contribution < -0.4 is 15.7 Å². The molecule has 0 unspecified atom stereocenters. The summed E-state index contributed by atoms with van der Waals surface area (Å²) in [5, 5.41) is 7.39.